The average Bonchev–Trinajstić information content (AvgIpc) is 3.27. The molecule has 172 valence electrons. The summed E-state index contributed by atoms with van der Waals surface area (Å²) in [6.45, 7) is 1.49. The molecule has 1 aromatic heterocycles. The molecule has 6 nitrogen and oxygen atoms in total. The molecule has 4 aromatic rings. The molecule has 1 saturated heterocycles. The first-order valence-electron chi connectivity index (χ1n) is 11.2. The van der Waals surface area contributed by atoms with Crippen LogP contribution in [-0.4, -0.2) is 34.8 Å². The van der Waals surface area contributed by atoms with Gasteiger partial charge in [-0.05, 0) is 35.2 Å². The van der Waals surface area contributed by atoms with Gasteiger partial charge in [0.25, 0.3) is 0 Å². The van der Waals surface area contributed by atoms with E-state index in [-0.39, 0.29) is 17.0 Å². The number of pyridine rings is 1. The lowest BCUT2D eigenvalue weighted by Crippen LogP contribution is -2.27. The summed E-state index contributed by atoms with van der Waals surface area (Å²) in [6, 6.07) is 20.7. The van der Waals surface area contributed by atoms with Crippen molar-refractivity contribution in [3.8, 4) is 11.1 Å². The van der Waals surface area contributed by atoms with Crippen LogP contribution < -0.4 is 16.1 Å². The van der Waals surface area contributed by atoms with Gasteiger partial charge in [0.05, 0.1) is 11.2 Å². The second kappa shape index (κ2) is 8.76. The number of aromatic carboxylic acids is 1. The van der Waals surface area contributed by atoms with Gasteiger partial charge in [-0.2, -0.15) is 0 Å². The van der Waals surface area contributed by atoms with Crippen LogP contribution in [0.4, 0.5) is 10.1 Å². The van der Waals surface area contributed by atoms with Crippen LogP contribution in [0, 0.1) is 5.82 Å². The summed E-state index contributed by atoms with van der Waals surface area (Å²) in [5.41, 5.74) is 8.87. The minimum atomic E-state index is -1.34. The van der Waals surface area contributed by atoms with Gasteiger partial charge < -0.3 is 20.3 Å². The van der Waals surface area contributed by atoms with E-state index in [2.05, 4.69) is 0 Å². The van der Waals surface area contributed by atoms with E-state index in [1.807, 2.05) is 59.5 Å². The van der Waals surface area contributed by atoms with Crippen LogP contribution in [0.25, 0.3) is 22.0 Å². The molecule has 0 unspecified atom stereocenters. The predicted molar refractivity (Wildman–Crippen MR) is 131 cm³/mol. The largest absolute Gasteiger partial charge is 0.477 e. The van der Waals surface area contributed by atoms with E-state index in [4.69, 9.17) is 5.73 Å². The molecular weight excluding hydrogens is 433 g/mol. The second-order valence-electron chi connectivity index (χ2n) is 8.68. The van der Waals surface area contributed by atoms with Crippen LogP contribution >= 0.6 is 0 Å². The monoisotopic (exact) mass is 457 g/mol. The van der Waals surface area contributed by atoms with Crippen molar-refractivity contribution in [1.29, 1.82) is 0 Å². The van der Waals surface area contributed by atoms with Gasteiger partial charge >= 0.3 is 5.97 Å². The van der Waals surface area contributed by atoms with E-state index in [0.717, 1.165) is 29.2 Å². The number of carbonyl (C=O) groups is 1. The summed E-state index contributed by atoms with van der Waals surface area (Å²) < 4.78 is 16.7. The SMILES string of the molecule is N[C@@H]1CCN(c2cc3c(cc2F)c(=O)c(C(=O)O)cn3Cc2ccc(-c3ccccc3)cc2)C1. The highest BCUT2D eigenvalue weighted by Crippen LogP contribution is 2.28. The molecule has 0 saturated carbocycles. The first-order chi connectivity index (χ1) is 16.4. The standard InChI is InChI=1S/C27H24FN3O3/c28-23-12-21-24(13-25(23)30-11-10-20(29)15-30)31(16-22(26(21)32)27(33)34)14-17-6-8-19(9-7-17)18-4-2-1-3-5-18/h1-9,12-13,16,20H,10-11,14-15,29H2,(H,33,34)/t20-/m1/s1. The molecule has 0 bridgehead atoms. The van der Waals surface area contributed by atoms with Crippen molar-refractivity contribution >= 4 is 22.6 Å². The van der Waals surface area contributed by atoms with Gasteiger partial charge in [0.15, 0.2) is 0 Å². The normalized spacial score (nSPS) is 15.7. The van der Waals surface area contributed by atoms with Gasteiger partial charge in [-0.15, -0.1) is 0 Å². The number of nitrogens with two attached hydrogens (primary N) is 1. The smallest absolute Gasteiger partial charge is 0.341 e. The molecule has 7 heteroatoms. The van der Waals surface area contributed by atoms with Crippen LogP contribution in [0.3, 0.4) is 0 Å². The quantitative estimate of drug-likeness (QED) is 0.471. The number of fused-ring (bicyclic) bond motifs is 1. The number of hydrogen-bond acceptors (Lipinski definition) is 4. The number of aromatic nitrogens is 1. The van der Waals surface area contributed by atoms with E-state index in [1.54, 1.807) is 10.6 Å². The average molecular weight is 458 g/mol. The van der Waals surface area contributed by atoms with Gasteiger partial charge in [0.1, 0.15) is 11.4 Å². The second-order valence-corrected chi connectivity index (χ2v) is 8.68. The van der Waals surface area contributed by atoms with E-state index in [9.17, 15) is 19.1 Å². The van der Waals surface area contributed by atoms with E-state index < -0.39 is 17.2 Å². The summed E-state index contributed by atoms with van der Waals surface area (Å²) in [4.78, 5) is 26.4. The van der Waals surface area contributed by atoms with Gasteiger partial charge in [0, 0.05) is 37.3 Å². The zero-order valence-corrected chi connectivity index (χ0v) is 18.4. The molecule has 1 aliphatic heterocycles. The minimum absolute atomic E-state index is 0.0326. The van der Waals surface area contributed by atoms with Gasteiger partial charge in [-0.1, -0.05) is 54.6 Å². The minimum Gasteiger partial charge on any atom is -0.477 e. The summed E-state index contributed by atoms with van der Waals surface area (Å²) in [7, 11) is 0. The molecular formula is C27H24FN3O3. The molecule has 3 N–H and O–H groups in total. The predicted octanol–water partition coefficient (Wildman–Crippen LogP) is 4.09. The maximum atomic E-state index is 15.0. The van der Waals surface area contributed by atoms with E-state index in [1.165, 1.54) is 6.20 Å². The fourth-order valence-corrected chi connectivity index (χ4v) is 4.56. The molecule has 1 aliphatic rings. The van der Waals surface area contributed by atoms with Crippen molar-refractivity contribution < 1.29 is 14.3 Å². The maximum Gasteiger partial charge on any atom is 0.341 e. The highest BCUT2D eigenvalue weighted by molar-refractivity contribution is 5.93. The number of anilines is 1. The van der Waals surface area contributed by atoms with Crippen molar-refractivity contribution in [3.05, 3.63) is 100 Å². The van der Waals surface area contributed by atoms with E-state index in [0.29, 0.717) is 30.8 Å². The molecule has 0 aliphatic carbocycles. The number of halogens is 1. The third-order valence-electron chi connectivity index (χ3n) is 6.36. The fraction of sp³-hybridized carbons (Fsp3) is 0.185. The van der Waals surface area contributed by atoms with E-state index >= 15 is 0 Å². The van der Waals surface area contributed by atoms with Crippen molar-refractivity contribution in [3.63, 3.8) is 0 Å². The Morgan fingerprint density at radius 3 is 2.41 bits per heavy atom. The molecule has 34 heavy (non-hydrogen) atoms. The summed E-state index contributed by atoms with van der Waals surface area (Å²) in [5, 5.41) is 9.62. The Labute approximate surface area is 195 Å². The molecule has 1 atom stereocenters. The first kappa shape index (κ1) is 21.9. The number of carboxylic acid groups (broad SMARTS) is 1. The lowest BCUT2D eigenvalue weighted by Gasteiger charge is -2.21. The number of benzene rings is 3. The molecule has 2 heterocycles. The lowest BCUT2D eigenvalue weighted by atomic mass is 10.0. The maximum absolute atomic E-state index is 15.0. The highest BCUT2D eigenvalue weighted by atomic mass is 19.1. The van der Waals surface area contributed by atoms with Crippen LogP contribution in [0.1, 0.15) is 22.3 Å². The van der Waals surface area contributed by atoms with Crippen molar-refractivity contribution in [2.24, 2.45) is 5.73 Å². The van der Waals surface area contributed by atoms with Crippen LogP contribution in [0.15, 0.2) is 77.7 Å². The highest BCUT2D eigenvalue weighted by Gasteiger charge is 2.24. The van der Waals surface area contributed by atoms with Crippen molar-refractivity contribution in [2.75, 3.05) is 18.0 Å². The van der Waals surface area contributed by atoms with Crippen molar-refractivity contribution in [2.45, 2.75) is 19.0 Å². The van der Waals surface area contributed by atoms with Crippen LogP contribution in [0.2, 0.25) is 0 Å². The zero-order valence-electron chi connectivity index (χ0n) is 18.4. The lowest BCUT2D eigenvalue weighted by molar-refractivity contribution is 0.0695. The summed E-state index contributed by atoms with van der Waals surface area (Å²) in [5.74, 6) is -1.89. The number of hydrogen-bond donors (Lipinski definition) is 2. The third kappa shape index (κ3) is 4.06. The molecule has 1 fully saturated rings. The Hall–Kier alpha value is -3.97. The fourth-order valence-electron chi connectivity index (χ4n) is 4.56. The number of nitrogens with zero attached hydrogens (tertiary/aromatic N) is 2. The summed E-state index contributed by atoms with van der Waals surface area (Å²) in [6.07, 6.45) is 2.10. The van der Waals surface area contributed by atoms with Crippen molar-refractivity contribution in [1.82, 2.24) is 4.57 Å². The van der Waals surface area contributed by atoms with Gasteiger partial charge in [-0.3, -0.25) is 4.79 Å². The number of carboxylic acids is 1. The van der Waals surface area contributed by atoms with Gasteiger partial charge in [-0.25, -0.2) is 9.18 Å². The van der Waals surface area contributed by atoms with Gasteiger partial charge in [0.2, 0.25) is 5.43 Å². The zero-order chi connectivity index (χ0) is 23.8. The summed E-state index contributed by atoms with van der Waals surface area (Å²) >= 11 is 0. The van der Waals surface area contributed by atoms with Crippen LogP contribution in [0.5, 0.6) is 0 Å². The topological polar surface area (TPSA) is 88.6 Å². The Bertz CT molecular complexity index is 1430. The Morgan fingerprint density at radius 1 is 1.06 bits per heavy atom. The molecule has 0 spiro atoms. The Morgan fingerprint density at radius 2 is 1.76 bits per heavy atom. The Balaban J connectivity index is 1.59. The Kier molecular flexibility index (Phi) is 5.63. The molecule has 0 amide bonds. The molecule has 5 rings (SSSR count). The molecule has 0 radical (unpaired) electrons. The first-order valence-corrected chi connectivity index (χ1v) is 11.2. The van der Waals surface area contributed by atoms with Crippen LogP contribution in [-0.2, 0) is 6.54 Å². The third-order valence-corrected chi connectivity index (χ3v) is 6.36. The molecule has 3 aromatic carbocycles. The number of rotatable bonds is 5.